The number of carbonyl (C=O) groups excluding carboxylic acids is 1. The maximum atomic E-state index is 12.2. The number of amides is 1. The number of hydrogen-bond donors (Lipinski definition) is 1. The summed E-state index contributed by atoms with van der Waals surface area (Å²) >= 11 is 3.35. The smallest absolute Gasteiger partial charge is 0.303 e. The van der Waals surface area contributed by atoms with E-state index in [0.717, 1.165) is 13.1 Å². The standard InChI is InChI=1S/C16H18BrN3O3S/c1-19(2)24(22,23)20(3)15-9-7-12(8-10-15)16(21)18-14-6-4-5-13(17)11-14/h4-11H,1-3H3,(H,18,21). The predicted molar refractivity (Wildman–Crippen MR) is 99.5 cm³/mol. The van der Waals surface area contributed by atoms with Gasteiger partial charge in [-0.25, -0.2) is 0 Å². The van der Waals surface area contributed by atoms with Crippen LogP contribution in [0.4, 0.5) is 11.4 Å². The summed E-state index contributed by atoms with van der Waals surface area (Å²) in [5, 5.41) is 2.79. The van der Waals surface area contributed by atoms with E-state index in [2.05, 4.69) is 21.2 Å². The number of halogens is 1. The molecular formula is C16H18BrN3O3S. The minimum absolute atomic E-state index is 0.266. The van der Waals surface area contributed by atoms with Crippen molar-refractivity contribution in [3.8, 4) is 0 Å². The summed E-state index contributed by atoms with van der Waals surface area (Å²) in [6.45, 7) is 0. The van der Waals surface area contributed by atoms with Gasteiger partial charge in [0.1, 0.15) is 0 Å². The summed E-state index contributed by atoms with van der Waals surface area (Å²) in [4.78, 5) is 12.2. The van der Waals surface area contributed by atoms with Crippen LogP contribution in [0.15, 0.2) is 53.0 Å². The minimum Gasteiger partial charge on any atom is -0.322 e. The molecule has 128 valence electrons. The maximum absolute atomic E-state index is 12.2. The lowest BCUT2D eigenvalue weighted by molar-refractivity contribution is 0.102. The Morgan fingerprint density at radius 1 is 1.04 bits per heavy atom. The zero-order valence-electron chi connectivity index (χ0n) is 13.5. The molecule has 0 spiro atoms. The topological polar surface area (TPSA) is 69.7 Å². The summed E-state index contributed by atoms with van der Waals surface area (Å²) in [6, 6.07) is 13.6. The van der Waals surface area contributed by atoms with Crippen molar-refractivity contribution >= 4 is 43.4 Å². The van der Waals surface area contributed by atoms with Gasteiger partial charge in [-0.05, 0) is 42.5 Å². The molecule has 2 rings (SSSR count). The van der Waals surface area contributed by atoms with E-state index in [4.69, 9.17) is 0 Å². The van der Waals surface area contributed by atoms with Crippen LogP contribution in [-0.4, -0.2) is 39.8 Å². The number of nitrogens with zero attached hydrogens (tertiary/aromatic N) is 2. The van der Waals surface area contributed by atoms with E-state index in [1.54, 1.807) is 36.4 Å². The predicted octanol–water partition coefficient (Wildman–Crippen LogP) is 2.94. The number of rotatable bonds is 5. The van der Waals surface area contributed by atoms with E-state index in [1.165, 1.54) is 21.1 Å². The third kappa shape index (κ3) is 4.14. The Kier molecular flexibility index (Phi) is 5.63. The van der Waals surface area contributed by atoms with Crippen LogP contribution in [0.25, 0.3) is 0 Å². The second-order valence-corrected chi connectivity index (χ2v) is 8.36. The van der Waals surface area contributed by atoms with Crippen molar-refractivity contribution in [1.29, 1.82) is 0 Å². The van der Waals surface area contributed by atoms with Crippen molar-refractivity contribution in [2.24, 2.45) is 0 Å². The Bertz CT molecular complexity index is 836. The molecule has 2 aromatic carbocycles. The van der Waals surface area contributed by atoms with Gasteiger partial charge in [-0.3, -0.25) is 9.10 Å². The molecule has 24 heavy (non-hydrogen) atoms. The van der Waals surface area contributed by atoms with Gasteiger partial charge in [-0.2, -0.15) is 12.7 Å². The number of hydrogen-bond acceptors (Lipinski definition) is 3. The van der Waals surface area contributed by atoms with Crippen molar-refractivity contribution in [2.75, 3.05) is 30.8 Å². The minimum atomic E-state index is -3.56. The molecular weight excluding hydrogens is 394 g/mol. The van der Waals surface area contributed by atoms with Gasteiger partial charge in [0, 0.05) is 36.9 Å². The first-order valence-electron chi connectivity index (χ1n) is 7.05. The Hall–Kier alpha value is -1.90. The summed E-state index contributed by atoms with van der Waals surface area (Å²) < 4.78 is 27.3. The molecule has 0 aromatic heterocycles. The maximum Gasteiger partial charge on any atom is 0.303 e. The zero-order valence-corrected chi connectivity index (χ0v) is 15.9. The summed E-state index contributed by atoms with van der Waals surface area (Å²) in [6.07, 6.45) is 0. The summed E-state index contributed by atoms with van der Waals surface area (Å²) in [7, 11) is 0.837. The van der Waals surface area contributed by atoms with Gasteiger partial charge >= 0.3 is 10.2 Å². The van der Waals surface area contributed by atoms with Gasteiger partial charge in [0.2, 0.25) is 0 Å². The fourth-order valence-electron chi connectivity index (χ4n) is 1.97. The molecule has 0 bridgehead atoms. The number of anilines is 2. The monoisotopic (exact) mass is 411 g/mol. The molecule has 6 nitrogen and oxygen atoms in total. The fourth-order valence-corrected chi connectivity index (χ4v) is 3.25. The number of nitrogens with one attached hydrogen (secondary N) is 1. The fraction of sp³-hybridized carbons (Fsp3) is 0.188. The molecule has 0 saturated carbocycles. The summed E-state index contributed by atoms with van der Waals surface area (Å²) in [5.41, 5.74) is 1.59. The van der Waals surface area contributed by atoms with Crippen LogP contribution in [-0.2, 0) is 10.2 Å². The van der Waals surface area contributed by atoms with Crippen LogP contribution in [0, 0.1) is 0 Å². The molecule has 0 radical (unpaired) electrons. The van der Waals surface area contributed by atoms with Crippen LogP contribution < -0.4 is 9.62 Å². The lowest BCUT2D eigenvalue weighted by Gasteiger charge is -2.23. The lowest BCUT2D eigenvalue weighted by Crippen LogP contribution is -2.37. The Labute approximate surface area is 150 Å². The molecule has 0 saturated heterocycles. The SMILES string of the molecule is CN(C)S(=O)(=O)N(C)c1ccc(C(=O)Nc2cccc(Br)c2)cc1. The molecule has 0 fully saturated rings. The molecule has 0 unspecified atom stereocenters. The van der Waals surface area contributed by atoms with E-state index < -0.39 is 10.2 Å². The molecule has 0 aliphatic rings. The Morgan fingerprint density at radius 2 is 1.67 bits per heavy atom. The summed E-state index contributed by atoms with van der Waals surface area (Å²) in [5.74, 6) is -0.266. The van der Waals surface area contributed by atoms with Crippen molar-refractivity contribution < 1.29 is 13.2 Å². The third-order valence-corrected chi connectivity index (χ3v) is 5.70. The highest BCUT2D eigenvalue weighted by Gasteiger charge is 2.21. The quantitative estimate of drug-likeness (QED) is 0.821. The molecule has 1 N–H and O–H groups in total. The first-order valence-corrected chi connectivity index (χ1v) is 9.24. The van der Waals surface area contributed by atoms with Crippen molar-refractivity contribution in [1.82, 2.24) is 4.31 Å². The van der Waals surface area contributed by atoms with Crippen molar-refractivity contribution in [3.05, 3.63) is 58.6 Å². The molecule has 0 aliphatic heterocycles. The first kappa shape index (κ1) is 18.4. The Morgan fingerprint density at radius 3 is 2.21 bits per heavy atom. The zero-order chi connectivity index (χ0) is 17.9. The van der Waals surface area contributed by atoms with Crippen LogP contribution in [0.2, 0.25) is 0 Å². The molecule has 0 heterocycles. The molecule has 0 aliphatic carbocycles. The van der Waals surface area contributed by atoms with Gasteiger partial charge in [0.25, 0.3) is 5.91 Å². The van der Waals surface area contributed by atoms with E-state index in [9.17, 15) is 13.2 Å². The van der Waals surface area contributed by atoms with Crippen LogP contribution in [0.3, 0.4) is 0 Å². The first-order chi connectivity index (χ1) is 11.2. The van der Waals surface area contributed by atoms with Gasteiger partial charge < -0.3 is 5.32 Å². The highest BCUT2D eigenvalue weighted by atomic mass is 79.9. The molecule has 1 amide bonds. The van der Waals surface area contributed by atoms with E-state index in [0.29, 0.717) is 16.9 Å². The highest BCUT2D eigenvalue weighted by Crippen LogP contribution is 2.20. The highest BCUT2D eigenvalue weighted by molar-refractivity contribution is 9.10. The van der Waals surface area contributed by atoms with Crippen molar-refractivity contribution in [2.45, 2.75) is 0 Å². The normalized spacial score (nSPS) is 11.4. The van der Waals surface area contributed by atoms with E-state index in [1.807, 2.05) is 12.1 Å². The average molecular weight is 412 g/mol. The third-order valence-electron chi connectivity index (χ3n) is 3.38. The van der Waals surface area contributed by atoms with Crippen LogP contribution in [0.1, 0.15) is 10.4 Å². The van der Waals surface area contributed by atoms with Gasteiger partial charge in [0.15, 0.2) is 0 Å². The van der Waals surface area contributed by atoms with Crippen LogP contribution >= 0.6 is 15.9 Å². The number of carbonyl (C=O) groups is 1. The van der Waals surface area contributed by atoms with Gasteiger partial charge in [0.05, 0.1) is 5.69 Å². The van der Waals surface area contributed by atoms with Crippen molar-refractivity contribution in [3.63, 3.8) is 0 Å². The Balaban J connectivity index is 2.16. The second-order valence-electron chi connectivity index (χ2n) is 5.27. The average Bonchev–Trinajstić information content (AvgIpc) is 2.54. The van der Waals surface area contributed by atoms with E-state index >= 15 is 0 Å². The molecule has 0 atom stereocenters. The largest absolute Gasteiger partial charge is 0.322 e. The van der Waals surface area contributed by atoms with Gasteiger partial charge in [-0.15, -0.1) is 0 Å². The van der Waals surface area contributed by atoms with E-state index in [-0.39, 0.29) is 5.91 Å². The van der Waals surface area contributed by atoms with Gasteiger partial charge in [-0.1, -0.05) is 22.0 Å². The molecule has 8 heteroatoms. The lowest BCUT2D eigenvalue weighted by atomic mass is 10.2. The van der Waals surface area contributed by atoms with Crippen LogP contribution in [0.5, 0.6) is 0 Å². The number of benzene rings is 2. The molecule has 2 aromatic rings. The second kappa shape index (κ2) is 7.33.